The van der Waals surface area contributed by atoms with Gasteiger partial charge >= 0.3 is 0 Å². The van der Waals surface area contributed by atoms with Gasteiger partial charge in [0.25, 0.3) is 0 Å². The van der Waals surface area contributed by atoms with Crippen molar-refractivity contribution >= 4 is 35.6 Å². The number of carbonyl (C=O) groups is 2. The summed E-state index contributed by atoms with van der Waals surface area (Å²) in [6, 6.07) is 5.03. The van der Waals surface area contributed by atoms with Crippen molar-refractivity contribution < 1.29 is 14.3 Å². The van der Waals surface area contributed by atoms with Crippen LogP contribution in [0.15, 0.2) is 18.2 Å². The minimum absolute atomic E-state index is 0. The maximum absolute atomic E-state index is 11.5. The number of nitrogens with one attached hydrogen (secondary N) is 3. The number of carbonyl (C=O) groups excluding carboxylic acids is 2. The fourth-order valence-corrected chi connectivity index (χ4v) is 1.41. The number of methoxy groups -OCH3 is 1. The van der Waals surface area contributed by atoms with Crippen LogP contribution in [-0.4, -0.2) is 32.5 Å². The number of amides is 2. The van der Waals surface area contributed by atoms with Gasteiger partial charge in [-0.2, -0.15) is 0 Å². The Morgan fingerprint density at radius 1 is 1.21 bits per heavy atom. The Morgan fingerprint density at radius 2 is 1.89 bits per heavy atom. The first-order valence-electron chi connectivity index (χ1n) is 5.47. The second-order valence-corrected chi connectivity index (χ2v) is 3.67. The van der Waals surface area contributed by atoms with E-state index < -0.39 is 0 Å². The first-order chi connectivity index (χ1) is 8.56. The van der Waals surface area contributed by atoms with E-state index in [0.29, 0.717) is 17.1 Å². The normalized spacial score (nSPS) is 9.21. The zero-order valence-corrected chi connectivity index (χ0v) is 11.9. The second kappa shape index (κ2) is 8.34. The molecule has 0 bridgehead atoms. The molecule has 0 heterocycles. The molecule has 0 aliphatic carbocycles. The maximum Gasteiger partial charge on any atom is 0.238 e. The first kappa shape index (κ1) is 17.2. The van der Waals surface area contributed by atoms with E-state index in [-0.39, 0.29) is 30.8 Å². The van der Waals surface area contributed by atoms with Gasteiger partial charge in [-0.05, 0) is 19.2 Å². The van der Waals surface area contributed by atoms with Crippen molar-refractivity contribution in [1.29, 1.82) is 0 Å². The number of halogens is 1. The molecule has 1 aromatic rings. The number of ether oxygens (including phenoxy) is 1. The summed E-state index contributed by atoms with van der Waals surface area (Å²) in [4.78, 5) is 22.6. The Kier molecular flexibility index (Phi) is 7.55. The highest BCUT2D eigenvalue weighted by Gasteiger charge is 2.09. The smallest absolute Gasteiger partial charge is 0.238 e. The predicted octanol–water partition coefficient (Wildman–Crippen LogP) is 1.23. The van der Waals surface area contributed by atoms with Gasteiger partial charge in [0.05, 0.1) is 25.0 Å². The molecule has 0 aliphatic rings. The minimum Gasteiger partial charge on any atom is -0.497 e. The van der Waals surface area contributed by atoms with Crippen LogP contribution in [0.25, 0.3) is 0 Å². The van der Waals surface area contributed by atoms with Gasteiger partial charge in [-0.15, -0.1) is 12.4 Å². The molecule has 0 fully saturated rings. The van der Waals surface area contributed by atoms with Crippen molar-refractivity contribution in [2.45, 2.75) is 6.92 Å². The quantitative estimate of drug-likeness (QED) is 0.761. The van der Waals surface area contributed by atoms with Crippen molar-refractivity contribution in [2.24, 2.45) is 0 Å². The van der Waals surface area contributed by atoms with E-state index in [9.17, 15) is 9.59 Å². The fourth-order valence-electron chi connectivity index (χ4n) is 1.41. The number of hydrogen-bond donors (Lipinski definition) is 3. The van der Waals surface area contributed by atoms with E-state index in [2.05, 4.69) is 16.0 Å². The molecule has 19 heavy (non-hydrogen) atoms. The molecule has 0 saturated carbocycles. The molecule has 106 valence electrons. The largest absolute Gasteiger partial charge is 0.497 e. The van der Waals surface area contributed by atoms with Crippen LogP contribution in [0.5, 0.6) is 5.75 Å². The molecule has 1 rings (SSSR count). The molecular weight excluding hydrogens is 270 g/mol. The van der Waals surface area contributed by atoms with Crippen molar-refractivity contribution in [2.75, 3.05) is 31.3 Å². The summed E-state index contributed by atoms with van der Waals surface area (Å²) >= 11 is 0. The van der Waals surface area contributed by atoms with Gasteiger partial charge in [0.2, 0.25) is 11.8 Å². The molecule has 3 N–H and O–H groups in total. The minimum atomic E-state index is -0.204. The topological polar surface area (TPSA) is 79.5 Å². The van der Waals surface area contributed by atoms with E-state index in [1.807, 2.05) is 0 Å². The zero-order valence-electron chi connectivity index (χ0n) is 11.1. The Balaban J connectivity index is 0.00000324. The summed E-state index contributed by atoms with van der Waals surface area (Å²) in [6.45, 7) is 1.60. The zero-order chi connectivity index (χ0) is 13.5. The lowest BCUT2D eigenvalue weighted by Crippen LogP contribution is -2.25. The SMILES string of the molecule is CNCC(=O)Nc1cc(OC)ccc1NC(C)=O.Cl. The first-order valence-corrected chi connectivity index (χ1v) is 5.47. The summed E-state index contributed by atoms with van der Waals surface area (Å²) in [6.07, 6.45) is 0. The summed E-state index contributed by atoms with van der Waals surface area (Å²) in [5.41, 5.74) is 1.04. The van der Waals surface area contributed by atoms with Gasteiger partial charge < -0.3 is 20.7 Å². The van der Waals surface area contributed by atoms with Gasteiger partial charge in [-0.1, -0.05) is 0 Å². The lowest BCUT2D eigenvalue weighted by atomic mass is 10.2. The number of likely N-dealkylation sites (N-methyl/N-ethyl adjacent to an activating group) is 1. The van der Waals surface area contributed by atoms with Crippen LogP contribution in [0.2, 0.25) is 0 Å². The highest BCUT2D eigenvalue weighted by molar-refractivity contribution is 5.99. The third-order valence-corrected chi connectivity index (χ3v) is 2.15. The summed E-state index contributed by atoms with van der Waals surface area (Å²) in [5, 5.41) is 8.08. The van der Waals surface area contributed by atoms with Gasteiger partial charge in [0, 0.05) is 13.0 Å². The Morgan fingerprint density at radius 3 is 2.42 bits per heavy atom. The molecular formula is C12H18ClN3O3. The molecule has 6 nitrogen and oxygen atoms in total. The third kappa shape index (κ3) is 5.58. The molecule has 0 aromatic heterocycles. The molecule has 2 amide bonds. The van der Waals surface area contributed by atoms with Crippen LogP contribution in [0, 0.1) is 0 Å². The summed E-state index contributed by atoms with van der Waals surface area (Å²) < 4.78 is 5.08. The highest BCUT2D eigenvalue weighted by atomic mass is 35.5. The maximum atomic E-state index is 11.5. The second-order valence-electron chi connectivity index (χ2n) is 3.67. The van der Waals surface area contributed by atoms with Crippen LogP contribution >= 0.6 is 12.4 Å². The Hall–Kier alpha value is -1.79. The number of rotatable bonds is 5. The molecule has 0 aliphatic heterocycles. The van der Waals surface area contributed by atoms with Crippen molar-refractivity contribution in [3.8, 4) is 5.75 Å². The van der Waals surface area contributed by atoms with Crippen LogP contribution in [0.4, 0.5) is 11.4 Å². The van der Waals surface area contributed by atoms with Crippen LogP contribution in [-0.2, 0) is 9.59 Å². The van der Waals surface area contributed by atoms with Crippen LogP contribution in [0.3, 0.4) is 0 Å². The molecule has 1 aromatic carbocycles. The van der Waals surface area contributed by atoms with Gasteiger partial charge in [-0.25, -0.2) is 0 Å². The molecule has 0 unspecified atom stereocenters. The van der Waals surface area contributed by atoms with Gasteiger partial charge in [0.15, 0.2) is 0 Å². The average molecular weight is 288 g/mol. The summed E-state index contributed by atoms with van der Waals surface area (Å²) in [7, 11) is 3.21. The van der Waals surface area contributed by atoms with E-state index in [4.69, 9.17) is 4.74 Å². The lowest BCUT2D eigenvalue weighted by molar-refractivity contribution is -0.115. The average Bonchev–Trinajstić information content (AvgIpc) is 2.31. The Labute approximate surface area is 118 Å². The van der Waals surface area contributed by atoms with Crippen molar-refractivity contribution in [3.05, 3.63) is 18.2 Å². The van der Waals surface area contributed by atoms with Gasteiger partial charge in [-0.3, -0.25) is 9.59 Å². The molecule has 0 radical (unpaired) electrons. The standard InChI is InChI=1S/C12H17N3O3.ClH/c1-8(16)14-10-5-4-9(18-3)6-11(10)15-12(17)7-13-2;/h4-6,13H,7H2,1-3H3,(H,14,16)(H,15,17);1H. The molecule has 0 atom stereocenters. The molecule has 0 saturated heterocycles. The fraction of sp³-hybridized carbons (Fsp3) is 0.333. The summed E-state index contributed by atoms with van der Waals surface area (Å²) in [5.74, 6) is 0.200. The number of benzene rings is 1. The predicted molar refractivity (Wildman–Crippen MR) is 77.1 cm³/mol. The Bertz CT molecular complexity index is 452. The molecule has 0 spiro atoms. The van der Waals surface area contributed by atoms with E-state index in [1.54, 1.807) is 25.2 Å². The number of anilines is 2. The van der Waals surface area contributed by atoms with Crippen LogP contribution < -0.4 is 20.7 Å². The monoisotopic (exact) mass is 287 g/mol. The van der Waals surface area contributed by atoms with Crippen molar-refractivity contribution in [3.63, 3.8) is 0 Å². The van der Waals surface area contributed by atoms with Gasteiger partial charge in [0.1, 0.15) is 5.75 Å². The van der Waals surface area contributed by atoms with E-state index in [0.717, 1.165) is 0 Å². The number of hydrogen-bond acceptors (Lipinski definition) is 4. The van der Waals surface area contributed by atoms with Crippen LogP contribution in [0.1, 0.15) is 6.92 Å². The molecule has 7 heteroatoms. The van der Waals surface area contributed by atoms with E-state index in [1.165, 1.54) is 14.0 Å². The highest BCUT2D eigenvalue weighted by Crippen LogP contribution is 2.26. The third-order valence-electron chi connectivity index (χ3n) is 2.15. The van der Waals surface area contributed by atoms with E-state index >= 15 is 0 Å². The van der Waals surface area contributed by atoms with Crippen molar-refractivity contribution in [1.82, 2.24) is 5.32 Å². The lowest BCUT2D eigenvalue weighted by Gasteiger charge is -2.12.